The molecule has 0 saturated heterocycles. The second kappa shape index (κ2) is 9.12. The van der Waals surface area contributed by atoms with Crippen LogP contribution in [0.25, 0.3) is 0 Å². The Morgan fingerprint density at radius 3 is 2.14 bits per heavy atom. The van der Waals surface area contributed by atoms with Crippen LogP contribution in [-0.2, 0) is 20.2 Å². The van der Waals surface area contributed by atoms with E-state index < -0.39 is 10.0 Å². The van der Waals surface area contributed by atoms with Crippen molar-refractivity contribution >= 4 is 21.7 Å². The Bertz CT molecular complexity index is 921. The van der Waals surface area contributed by atoms with Crippen LogP contribution in [0.4, 0.5) is 0 Å². The second-order valence-corrected chi connectivity index (χ2v) is 9.02. The van der Waals surface area contributed by atoms with Crippen LogP contribution >= 0.6 is 0 Å². The summed E-state index contributed by atoms with van der Waals surface area (Å²) in [5.41, 5.74) is 1.33. The summed E-state index contributed by atoms with van der Waals surface area (Å²) in [6.07, 6.45) is 0.0373. The van der Waals surface area contributed by atoms with Crippen molar-refractivity contribution in [3.63, 3.8) is 0 Å². The standard InChI is InChI=1S/C21H26N2O4S/c1-16(24)17-9-11-19(12-10-17)28(26,27)23-14-13-20(25)22-15-21(2,3)18-7-5-4-6-8-18/h4-12,23H,13-15H2,1-3H3,(H,22,25). The van der Waals surface area contributed by atoms with Gasteiger partial charge in [0, 0.05) is 30.5 Å². The highest BCUT2D eigenvalue weighted by molar-refractivity contribution is 7.89. The van der Waals surface area contributed by atoms with Gasteiger partial charge in [-0.15, -0.1) is 0 Å². The first-order chi connectivity index (χ1) is 13.1. The molecule has 0 aliphatic carbocycles. The average Bonchev–Trinajstić information content (AvgIpc) is 2.67. The smallest absolute Gasteiger partial charge is 0.240 e. The highest BCUT2D eigenvalue weighted by Gasteiger charge is 2.21. The van der Waals surface area contributed by atoms with Crippen LogP contribution in [0.5, 0.6) is 0 Å². The van der Waals surface area contributed by atoms with E-state index in [9.17, 15) is 18.0 Å². The predicted molar refractivity (Wildman–Crippen MR) is 109 cm³/mol. The summed E-state index contributed by atoms with van der Waals surface area (Å²) in [5.74, 6) is -0.356. The summed E-state index contributed by atoms with van der Waals surface area (Å²) in [7, 11) is -3.73. The number of carbonyl (C=O) groups is 2. The Balaban J connectivity index is 1.83. The lowest BCUT2D eigenvalue weighted by atomic mass is 9.84. The van der Waals surface area contributed by atoms with Crippen molar-refractivity contribution in [3.05, 3.63) is 65.7 Å². The van der Waals surface area contributed by atoms with E-state index in [1.165, 1.54) is 31.2 Å². The van der Waals surface area contributed by atoms with Gasteiger partial charge in [0.05, 0.1) is 4.90 Å². The van der Waals surface area contributed by atoms with Gasteiger partial charge in [0.25, 0.3) is 0 Å². The lowest BCUT2D eigenvalue weighted by Crippen LogP contribution is -2.38. The molecular weight excluding hydrogens is 376 g/mol. The second-order valence-electron chi connectivity index (χ2n) is 7.25. The highest BCUT2D eigenvalue weighted by atomic mass is 32.2. The minimum atomic E-state index is -3.73. The molecule has 7 heteroatoms. The number of Topliss-reactive ketones (excluding diaryl/α,β-unsaturated/α-hetero) is 1. The molecule has 0 saturated carbocycles. The van der Waals surface area contributed by atoms with Gasteiger partial charge in [0.15, 0.2) is 5.78 Å². The fraction of sp³-hybridized carbons (Fsp3) is 0.333. The molecular formula is C21H26N2O4S. The number of rotatable bonds is 9. The number of amides is 1. The van der Waals surface area contributed by atoms with E-state index in [1.54, 1.807) is 0 Å². The van der Waals surface area contributed by atoms with Gasteiger partial charge >= 0.3 is 0 Å². The molecule has 28 heavy (non-hydrogen) atoms. The Morgan fingerprint density at radius 1 is 0.964 bits per heavy atom. The van der Waals surface area contributed by atoms with E-state index in [1.807, 2.05) is 44.2 Å². The molecule has 0 radical (unpaired) electrons. The number of hydrogen-bond donors (Lipinski definition) is 2. The molecule has 0 aliphatic heterocycles. The normalized spacial score (nSPS) is 11.8. The SMILES string of the molecule is CC(=O)c1ccc(S(=O)(=O)NCCC(=O)NCC(C)(C)c2ccccc2)cc1. The monoisotopic (exact) mass is 402 g/mol. The van der Waals surface area contributed by atoms with Crippen molar-refractivity contribution in [3.8, 4) is 0 Å². The Morgan fingerprint density at radius 2 is 1.57 bits per heavy atom. The lowest BCUT2D eigenvalue weighted by molar-refractivity contribution is -0.121. The first kappa shape index (κ1) is 21.8. The molecule has 1 amide bonds. The Kier molecular flexibility index (Phi) is 7.10. The maximum absolute atomic E-state index is 12.3. The van der Waals surface area contributed by atoms with Gasteiger partial charge in [0.1, 0.15) is 0 Å². The minimum Gasteiger partial charge on any atom is -0.355 e. The number of nitrogens with one attached hydrogen (secondary N) is 2. The van der Waals surface area contributed by atoms with Gasteiger partial charge in [-0.2, -0.15) is 0 Å². The summed E-state index contributed by atoms with van der Waals surface area (Å²) in [6, 6.07) is 15.6. The van der Waals surface area contributed by atoms with Crippen LogP contribution in [0.2, 0.25) is 0 Å². The molecule has 2 rings (SSSR count). The molecule has 2 aromatic rings. The van der Waals surface area contributed by atoms with Gasteiger partial charge in [0.2, 0.25) is 15.9 Å². The molecule has 0 bridgehead atoms. The molecule has 150 valence electrons. The molecule has 0 fully saturated rings. The van der Waals surface area contributed by atoms with E-state index in [4.69, 9.17) is 0 Å². The number of ketones is 1. The molecule has 0 heterocycles. The van der Waals surface area contributed by atoms with Crippen LogP contribution in [0.3, 0.4) is 0 Å². The summed E-state index contributed by atoms with van der Waals surface area (Å²) < 4.78 is 26.9. The molecule has 0 aliphatic rings. The molecule has 6 nitrogen and oxygen atoms in total. The van der Waals surface area contributed by atoms with E-state index in [0.717, 1.165) is 5.56 Å². The number of hydrogen-bond acceptors (Lipinski definition) is 4. The van der Waals surface area contributed by atoms with Gasteiger partial charge in [-0.1, -0.05) is 56.3 Å². The van der Waals surface area contributed by atoms with E-state index in [2.05, 4.69) is 10.0 Å². The van der Waals surface area contributed by atoms with Crippen LogP contribution in [0.15, 0.2) is 59.5 Å². The van der Waals surface area contributed by atoms with Crippen molar-refractivity contribution in [1.29, 1.82) is 0 Å². The number of benzene rings is 2. The van der Waals surface area contributed by atoms with Crippen LogP contribution in [0.1, 0.15) is 43.1 Å². The predicted octanol–water partition coefficient (Wildman–Crippen LogP) is 2.65. The maximum atomic E-state index is 12.3. The average molecular weight is 403 g/mol. The lowest BCUT2D eigenvalue weighted by Gasteiger charge is -2.25. The zero-order valence-corrected chi connectivity index (χ0v) is 17.2. The van der Waals surface area contributed by atoms with Crippen LogP contribution in [-0.4, -0.2) is 33.2 Å². The first-order valence-electron chi connectivity index (χ1n) is 9.05. The summed E-state index contributed by atoms with van der Waals surface area (Å²) in [4.78, 5) is 23.4. The summed E-state index contributed by atoms with van der Waals surface area (Å²) >= 11 is 0. The topological polar surface area (TPSA) is 92.3 Å². The zero-order valence-electron chi connectivity index (χ0n) is 16.4. The van der Waals surface area contributed by atoms with Gasteiger partial charge < -0.3 is 5.32 Å². The number of carbonyl (C=O) groups excluding carboxylic acids is 2. The first-order valence-corrected chi connectivity index (χ1v) is 10.5. The maximum Gasteiger partial charge on any atom is 0.240 e. The molecule has 2 aromatic carbocycles. The minimum absolute atomic E-state index is 0.00556. The summed E-state index contributed by atoms with van der Waals surface area (Å²) in [6.45, 7) is 5.94. The van der Waals surface area contributed by atoms with E-state index in [0.29, 0.717) is 12.1 Å². The highest BCUT2D eigenvalue weighted by Crippen LogP contribution is 2.21. The van der Waals surface area contributed by atoms with E-state index >= 15 is 0 Å². The molecule has 0 aromatic heterocycles. The van der Waals surface area contributed by atoms with Crippen molar-refractivity contribution in [2.45, 2.75) is 37.5 Å². The summed E-state index contributed by atoms with van der Waals surface area (Å²) in [5, 5.41) is 2.86. The third-order valence-corrected chi connectivity index (χ3v) is 5.97. The molecule has 2 N–H and O–H groups in total. The molecule has 0 spiro atoms. The van der Waals surface area contributed by atoms with Gasteiger partial charge in [-0.25, -0.2) is 13.1 Å². The van der Waals surface area contributed by atoms with Crippen LogP contribution in [0, 0.1) is 0 Å². The van der Waals surface area contributed by atoms with Crippen molar-refractivity contribution < 1.29 is 18.0 Å². The quantitative estimate of drug-likeness (QED) is 0.631. The van der Waals surface area contributed by atoms with Crippen molar-refractivity contribution in [2.75, 3.05) is 13.1 Å². The Hall–Kier alpha value is -2.51. The van der Waals surface area contributed by atoms with Gasteiger partial charge in [-0.3, -0.25) is 9.59 Å². The fourth-order valence-electron chi connectivity index (χ4n) is 2.65. The van der Waals surface area contributed by atoms with Crippen molar-refractivity contribution in [1.82, 2.24) is 10.0 Å². The molecule has 0 unspecified atom stereocenters. The zero-order chi connectivity index (χ0) is 20.8. The largest absolute Gasteiger partial charge is 0.355 e. The number of sulfonamides is 1. The van der Waals surface area contributed by atoms with Gasteiger partial charge in [-0.05, 0) is 24.6 Å². The van der Waals surface area contributed by atoms with Crippen molar-refractivity contribution in [2.24, 2.45) is 0 Å². The molecule has 0 atom stereocenters. The third-order valence-electron chi connectivity index (χ3n) is 4.50. The van der Waals surface area contributed by atoms with Crippen LogP contribution < -0.4 is 10.0 Å². The van der Waals surface area contributed by atoms with E-state index in [-0.39, 0.29) is 35.0 Å². The Labute approximate surface area is 166 Å². The third kappa shape index (κ3) is 6.00. The fourth-order valence-corrected chi connectivity index (χ4v) is 3.68.